The van der Waals surface area contributed by atoms with E-state index in [1.165, 1.54) is 6.92 Å². The minimum Gasteiger partial charge on any atom is -0.336 e. The summed E-state index contributed by atoms with van der Waals surface area (Å²) in [6.45, 7) is 2.21. The summed E-state index contributed by atoms with van der Waals surface area (Å²) in [5.41, 5.74) is 7.04. The minimum absolute atomic E-state index is 0.0610. The minimum atomic E-state index is -1.28. The van der Waals surface area contributed by atoms with E-state index in [-0.39, 0.29) is 48.2 Å². The maximum atomic E-state index is 13.9. The fourth-order valence-electron chi connectivity index (χ4n) is 4.62. The average Bonchev–Trinajstić information content (AvgIpc) is 3.39. The Morgan fingerprint density at radius 2 is 1.62 bits per heavy atom. The van der Waals surface area contributed by atoms with Gasteiger partial charge in [-0.1, -0.05) is 0 Å². The number of fused-ring (bicyclic) bond motifs is 2. The van der Waals surface area contributed by atoms with Gasteiger partial charge >= 0.3 is 6.03 Å². The first-order valence-corrected chi connectivity index (χ1v) is 11.0. The summed E-state index contributed by atoms with van der Waals surface area (Å²) in [5, 5.41) is 2.81. The van der Waals surface area contributed by atoms with Crippen molar-refractivity contribution in [2.45, 2.75) is 44.3 Å². The van der Waals surface area contributed by atoms with Gasteiger partial charge in [0, 0.05) is 42.9 Å². The highest BCUT2D eigenvalue weighted by Gasteiger charge is 2.47. The highest BCUT2D eigenvalue weighted by molar-refractivity contribution is 5.95. The predicted octanol–water partition coefficient (Wildman–Crippen LogP) is 3.08. The predicted molar refractivity (Wildman–Crippen MR) is 119 cm³/mol. The van der Waals surface area contributed by atoms with E-state index >= 15 is 0 Å². The molecule has 0 radical (unpaired) electrons. The smallest absolute Gasteiger partial charge is 0.322 e. The van der Waals surface area contributed by atoms with Crippen LogP contribution in [0.2, 0.25) is 0 Å². The molecule has 2 unspecified atom stereocenters. The zero-order valence-electron chi connectivity index (χ0n) is 18.6. The van der Waals surface area contributed by atoms with Gasteiger partial charge in [0.15, 0.2) is 17.4 Å². The maximum absolute atomic E-state index is 13.9. The largest absolute Gasteiger partial charge is 0.336 e. The Bertz CT molecular complexity index is 1130. The lowest BCUT2D eigenvalue weighted by atomic mass is 10.0. The molecule has 0 aromatic heterocycles. The van der Waals surface area contributed by atoms with E-state index in [0.29, 0.717) is 36.8 Å². The van der Waals surface area contributed by atoms with Gasteiger partial charge in [-0.05, 0) is 55.7 Å². The molecule has 2 aliphatic rings. The van der Waals surface area contributed by atoms with E-state index < -0.39 is 23.5 Å². The van der Waals surface area contributed by atoms with Crippen molar-refractivity contribution < 1.29 is 27.6 Å². The number of carbonyl (C=O) groups excluding carboxylic acids is 3. The molecule has 4 rings (SSSR count). The number of Topliss-reactive ketones (excluding diaryl/α,β-unsaturated/α-hetero) is 1. The lowest BCUT2D eigenvalue weighted by molar-refractivity contribution is -0.133. The van der Waals surface area contributed by atoms with Gasteiger partial charge in [0.2, 0.25) is 5.91 Å². The normalized spacial score (nSPS) is 19.9. The summed E-state index contributed by atoms with van der Waals surface area (Å²) in [4.78, 5) is 40.2. The SMILES string of the molecule is CC(=O)c1ccc(NC(=O)N2CC3CC2CN3C(=O)C[C@H](N)Cc2cc(F)c(F)cc2F)cc1. The molecular formula is C24H25F3N4O3. The Morgan fingerprint density at radius 3 is 2.24 bits per heavy atom. The molecule has 2 heterocycles. The molecule has 2 aliphatic heterocycles. The molecule has 180 valence electrons. The monoisotopic (exact) mass is 474 g/mol. The molecule has 3 N–H and O–H groups in total. The lowest BCUT2D eigenvalue weighted by Crippen LogP contribution is -2.52. The van der Waals surface area contributed by atoms with Crippen LogP contribution in [-0.4, -0.2) is 58.7 Å². The summed E-state index contributed by atoms with van der Waals surface area (Å²) in [5.74, 6) is -3.63. The van der Waals surface area contributed by atoms with Gasteiger partial charge < -0.3 is 20.9 Å². The van der Waals surface area contributed by atoms with E-state index in [4.69, 9.17) is 5.73 Å². The standard InChI is InChI=1S/C24H25F3N4O3/c1-13(32)14-2-4-17(5-3-14)29-24(34)31-12-18-9-19(31)11-30(18)23(33)8-16(28)6-15-7-21(26)22(27)10-20(15)25/h2-5,7,10,16,18-19H,6,8-9,11-12,28H2,1H3,(H,29,34)/t16-,18?,19?/m1/s1. The van der Waals surface area contributed by atoms with Crippen LogP contribution in [0.15, 0.2) is 36.4 Å². The van der Waals surface area contributed by atoms with Gasteiger partial charge in [-0.2, -0.15) is 0 Å². The molecule has 0 saturated carbocycles. The fourth-order valence-corrected chi connectivity index (χ4v) is 4.62. The lowest BCUT2D eigenvalue weighted by Gasteiger charge is -2.34. The molecule has 2 bridgehead atoms. The summed E-state index contributed by atoms with van der Waals surface area (Å²) >= 11 is 0. The Balaban J connectivity index is 1.29. The van der Waals surface area contributed by atoms with E-state index in [1.807, 2.05) is 0 Å². The number of anilines is 1. The molecule has 0 aliphatic carbocycles. The average molecular weight is 474 g/mol. The maximum Gasteiger partial charge on any atom is 0.322 e. The molecule has 34 heavy (non-hydrogen) atoms. The number of likely N-dealkylation sites (tertiary alicyclic amines) is 2. The number of hydrogen-bond acceptors (Lipinski definition) is 4. The molecule has 2 fully saturated rings. The van der Waals surface area contributed by atoms with Crippen molar-refractivity contribution in [3.05, 3.63) is 65.0 Å². The summed E-state index contributed by atoms with van der Waals surface area (Å²) in [6, 6.07) is 6.53. The first-order chi connectivity index (χ1) is 16.1. The van der Waals surface area contributed by atoms with Gasteiger partial charge in [-0.15, -0.1) is 0 Å². The zero-order chi connectivity index (χ0) is 24.6. The Kier molecular flexibility index (Phi) is 6.60. The molecular weight excluding hydrogens is 449 g/mol. The number of rotatable bonds is 6. The van der Waals surface area contributed by atoms with Gasteiger partial charge in [-0.25, -0.2) is 18.0 Å². The number of amides is 3. The van der Waals surface area contributed by atoms with Crippen molar-refractivity contribution in [1.29, 1.82) is 0 Å². The second-order valence-electron chi connectivity index (χ2n) is 8.83. The van der Waals surface area contributed by atoms with Crippen LogP contribution >= 0.6 is 0 Å². The second kappa shape index (κ2) is 9.46. The van der Waals surface area contributed by atoms with E-state index in [9.17, 15) is 27.6 Å². The molecule has 2 aromatic rings. The topological polar surface area (TPSA) is 95.7 Å². The summed E-state index contributed by atoms with van der Waals surface area (Å²) in [6.07, 6.45) is 0.472. The highest BCUT2D eigenvalue weighted by Crippen LogP contribution is 2.32. The number of ketones is 1. The van der Waals surface area contributed by atoms with Crippen molar-refractivity contribution in [1.82, 2.24) is 9.80 Å². The number of hydrogen-bond donors (Lipinski definition) is 2. The number of benzene rings is 2. The summed E-state index contributed by atoms with van der Waals surface area (Å²) < 4.78 is 40.4. The molecule has 0 spiro atoms. The van der Waals surface area contributed by atoms with Gasteiger partial charge in [-0.3, -0.25) is 9.59 Å². The van der Waals surface area contributed by atoms with Gasteiger partial charge in [0.1, 0.15) is 5.82 Å². The van der Waals surface area contributed by atoms with E-state index in [1.54, 1.807) is 34.1 Å². The van der Waals surface area contributed by atoms with Gasteiger partial charge in [0.05, 0.1) is 12.1 Å². The van der Waals surface area contributed by atoms with Crippen molar-refractivity contribution in [3.63, 3.8) is 0 Å². The second-order valence-corrected chi connectivity index (χ2v) is 8.83. The van der Waals surface area contributed by atoms with Crippen molar-refractivity contribution >= 4 is 23.4 Å². The number of nitrogens with zero attached hydrogens (tertiary/aromatic N) is 2. The van der Waals surface area contributed by atoms with Crippen LogP contribution in [0.3, 0.4) is 0 Å². The zero-order valence-corrected chi connectivity index (χ0v) is 18.6. The first kappa shape index (κ1) is 23.7. The Labute approximate surface area is 194 Å². The number of nitrogens with one attached hydrogen (secondary N) is 1. The van der Waals surface area contributed by atoms with Crippen molar-refractivity contribution in [3.8, 4) is 0 Å². The van der Waals surface area contributed by atoms with Crippen LogP contribution in [-0.2, 0) is 11.2 Å². The Morgan fingerprint density at radius 1 is 1.00 bits per heavy atom. The highest BCUT2D eigenvalue weighted by atomic mass is 19.2. The first-order valence-electron chi connectivity index (χ1n) is 11.0. The molecule has 2 saturated heterocycles. The third-order valence-electron chi connectivity index (χ3n) is 6.37. The van der Waals surface area contributed by atoms with Crippen LogP contribution in [0.1, 0.15) is 35.7 Å². The van der Waals surface area contributed by atoms with Crippen LogP contribution in [0, 0.1) is 17.5 Å². The number of halogens is 3. The summed E-state index contributed by atoms with van der Waals surface area (Å²) in [7, 11) is 0. The molecule has 10 heteroatoms. The van der Waals surface area contributed by atoms with Crippen LogP contribution < -0.4 is 11.1 Å². The van der Waals surface area contributed by atoms with Crippen molar-refractivity contribution in [2.24, 2.45) is 5.73 Å². The molecule has 7 nitrogen and oxygen atoms in total. The van der Waals surface area contributed by atoms with Crippen LogP contribution in [0.4, 0.5) is 23.7 Å². The number of carbonyl (C=O) groups is 3. The third-order valence-corrected chi connectivity index (χ3v) is 6.37. The van der Waals surface area contributed by atoms with Crippen LogP contribution in [0.5, 0.6) is 0 Å². The molecule has 2 aromatic carbocycles. The van der Waals surface area contributed by atoms with Crippen molar-refractivity contribution in [2.75, 3.05) is 18.4 Å². The molecule has 3 atom stereocenters. The van der Waals surface area contributed by atoms with E-state index in [2.05, 4.69) is 5.32 Å². The molecule has 3 amide bonds. The number of piperazine rings is 1. The van der Waals surface area contributed by atoms with Gasteiger partial charge in [0.25, 0.3) is 0 Å². The fraction of sp³-hybridized carbons (Fsp3) is 0.375. The quantitative estimate of drug-likeness (QED) is 0.497. The number of urea groups is 1. The number of nitrogens with two attached hydrogens (primary N) is 1. The van der Waals surface area contributed by atoms with Crippen LogP contribution in [0.25, 0.3) is 0 Å². The van der Waals surface area contributed by atoms with E-state index in [0.717, 1.165) is 6.07 Å². The Hall–Kier alpha value is -3.40. The third kappa shape index (κ3) is 4.91.